The fourth-order valence-electron chi connectivity index (χ4n) is 11.6. The van der Waals surface area contributed by atoms with E-state index >= 15 is 4.79 Å². The molecule has 3 saturated heterocycles. The summed E-state index contributed by atoms with van der Waals surface area (Å²) in [6.07, 6.45) is 4.05. The molecule has 0 bridgehead atoms. The highest BCUT2D eigenvalue weighted by Gasteiger charge is 2.60. The number of nitrogens with one attached hydrogen (secondary N) is 1. The fraction of sp³-hybridized carbons (Fsp3) is 0.909. The Labute approximate surface area is 341 Å². The van der Waals surface area contributed by atoms with Crippen molar-refractivity contribution in [1.29, 1.82) is 0 Å². The molecular weight excluding hydrogens is 732 g/mol. The molecule has 0 radical (unpaired) electrons. The topological polar surface area (TPSA) is 143 Å². The van der Waals surface area contributed by atoms with Crippen molar-refractivity contribution < 1.29 is 52.6 Å². The number of carbonyl (C=O) groups excluding carboxylic acids is 2. The number of hydrogen-bond acceptors (Lipinski definition) is 13. The zero-order valence-electron chi connectivity index (χ0n) is 36.5. The number of aliphatic hydroxyl groups is 1. The monoisotopic (exact) mass is 807 g/mol. The molecule has 0 amide bonds. The lowest BCUT2D eigenvalue weighted by Gasteiger charge is -2.48. The summed E-state index contributed by atoms with van der Waals surface area (Å²) in [5.74, 6) is -1.43. The van der Waals surface area contributed by atoms with Crippen LogP contribution in [0, 0.1) is 35.5 Å². The number of esters is 1. The maximum Gasteiger partial charge on any atom is 0.306 e. The Bertz CT molecular complexity index is 1380. The van der Waals surface area contributed by atoms with Gasteiger partial charge < -0.3 is 53.2 Å². The lowest BCUT2D eigenvalue weighted by atomic mass is 9.62. The second-order valence-corrected chi connectivity index (χ2v) is 18.5. The number of ketones is 1. The molecule has 4 unspecified atom stereocenters. The average Bonchev–Trinajstić information content (AvgIpc) is 3.76. The molecule has 3 heterocycles. The second-order valence-electron chi connectivity index (χ2n) is 18.5. The Balaban J connectivity index is 1.29. The van der Waals surface area contributed by atoms with Crippen molar-refractivity contribution in [2.75, 3.05) is 35.4 Å². The predicted molar refractivity (Wildman–Crippen MR) is 213 cm³/mol. The Morgan fingerprint density at radius 2 is 1.60 bits per heavy atom. The smallest absolute Gasteiger partial charge is 0.306 e. The first-order chi connectivity index (χ1) is 27.2. The number of allylic oxidation sites excluding steroid dienone is 2. The van der Waals surface area contributed by atoms with Crippen molar-refractivity contribution in [1.82, 2.24) is 10.2 Å². The largest absolute Gasteiger partial charge is 0.462 e. The third-order valence-corrected chi connectivity index (χ3v) is 14.4. The number of ether oxygens (including phenoxy) is 8. The molecule has 13 heteroatoms. The second kappa shape index (κ2) is 19.5. The molecule has 0 aromatic rings. The van der Waals surface area contributed by atoms with Crippen molar-refractivity contribution in [2.24, 2.45) is 35.5 Å². The third-order valence-electron chi connectivity index (χ3n) is 14.4. The Kier molecular flexibility index (Phi) is 15.4. The summed E-state index contributed by atoms with van der Waals surface area (Å²) in [6.45, 7) is 12.2. The van der Waals surface area contributed by atoms with Gasteiger partial charge in [-0.2, -0.15) is 0 Å². The Morgan fingerprint density at radius 3 is 2.23 bits per heavy atom. The standard InChI is InChI=1S/C44H74N2O11/c1-12-26-14-13-15-34(57-36-17-16-33(46(7)8)24(5)53-36)23(4)39(48)32-20-29-28-18-27(56-44-43(52-11)42(51-10)41(50-9)25(6)54-44)19-31(28)40(49)38(45-22(2)3)37(29)30(32)21-35(47)55-26/h20,22-31,33-34,36-38,40-45,49H,12-19,21H2,1-11H3/t23-,24?,25?,26+,27+,28+,29+,30-,31-,33+,34+,36+,37-,38-,40-,41+,42?,43?,44+/m1/s1. The molecule has 0 spiro atoms. The zero-order valence-corrected chi connectivity index (χ0v) is 36.5. The lowest BCUT2D eigenvalue weighted by Crippen LogP contribution is -2.59. The first kappa shape index (κ1) is 45.0. The fourth-order valence-corrected chi connectivity index (χ4v) is 11.6. The van der Waals surface area contributed by atoms with E-state index in [1.54, 1.807) is 21.3 Å². The number of methoxy groups -OCH3 is 3. The number of nitrogens with zero attached hydrogens (tertiary/aromatic N) is 1. The SMILES string of the molecule is CC[C@H]1CCC[C@H](O[C@H]2CC[C@H](N(C)C)C(C)O2)[C@@H](C)C(=O)C2=C[C@H]3[C@@H]4C[C@H](O[C@@H]5OC(C)[C@H](OC)C(OC)C5OC)C[C@H]4[C@@H](O)[C@H](NC(C)C)[C@H]3[C@@H]2CC(=O)O1. The number of aliphatic hydroxyl groups excluding tert-OH is 1. The van der Waals surface area contributed by atoms with Crippen LogP contribution in [0.2, 0.25) is 0 Å². The minimum atomic E-state index is -0.713. The summed E-state index contributed by atoms with van der Waals surface area (Å²) in [6, 6.07) is 0.0376. The number of fused-ring (bicyclic) bond motifs is 5. The van der Waals surface area contributed by atoms with E-state index in [1.807, 2.05) is 13.8 Å². The molecule has 13 nitrogen and oxygen atoms in total. The molecule has 326 valence electrons. The van der Waals surface area contributed by atoms with E-state index in [1.165, 1.54) is 0 Å². The van der Waals surface area contributed by atoms with Gasteiger partial charge in [0.25, 0.3) is 0 Å². The van der Waals surface area contributed by atoms with Crippen LogP contribution in [0.25, 0.3) is 0 Å². The van der Waals surface area contributed by atoms with Gasteiger partial charge in [-0.15, -0.1) is 0 Å². The molecule has 3 aliphatic heterocycles. The van der Waals surface area contributed by atoms with Crippen LogP contribution in [-0.4, -0.2) is 143 Å². The molecule has 6 aliphatic rings. The quantitative estimate of drug-likeness (QED) is 0.280. The first-order valence-electron chi connectivity index (χ1n) is 22.0. The van der Waals surface area contributed by atoms with E-state index < -0.39 is 30.3 Å². The maximum absolute atomic E-state index is 15.0. The molecule has 6 rings (SSSR count). The zero-order chi connectivity index (χ0) is 41.3. The van der Waals surface area contributed by atoms with Crippen LogP contribution in [0.3, 0.4) is 0 Å². The summed E-state index contributed by atoms with van der Waals surface area (Å²) in [5.41, 5.74) is 0.674. The number of likely N-dealkylation sites (N-methyl/N-ethyl adjacent to an activating group) is 1. The molecule has 3 aliphatic carbocycles. The van der Waals surface area contributed by atoms with Crippen molar-refractivity contribution in [3.8, 4) is 0 Å². The van der Waals surface area contributed by atoms with Gasteiger partial charge in [0.05, 0.1) is 36.9 Å². The van der Waals surface area contributed by atoms with Crippen LogP contribution in [0.15, 0.2) is 11.6 Å². The average molecular weight is 807 g/mol. The van der Waals surface area contributed by atoms with Gasteiger partial charge in [-0.25, -0.2) is 0 Å². The van der Waals surface area contributed by atoms with Gasteiger partial charge in [0.2, 0.25) is 0 Å². The van der Waals surface area contributed by atoms with E-state index in [0.29, 0.717) is 43.7 Å². The van der Waals surface area contributed by atoms with Gasteiger partial charge >= 0.3 is 5.97 Å². The number of rotatable bonds is 11. The van der Waals surface area contributed by atoms with Gasteiger partial charge in [0, 0.05) is 51.3 Å². The molecule has 19 atom stereocenters. The first-order valence-corrected chi connectivity index (χ1v) is 22.0. The Morgan fingerprint density at radius 1 is 0.895 bits per heavy atom. The van der Waals surface area contributed by atoms with Crippen LogP contribution in [0.5, 0.6) is 0 Å². The third kappa shape index (κ3) is 9.53. The summed E-state index contributed by atoms with van der Waals surface area (Å²) in [4.78, 5) is 31.1. The predicted octanol–water partition coefficient (Wildman–Crippen LogP) is 4.66. The summed E-state index contributed by atoms with van der Waals surface area (Å²) < 4.78 is 49.9. The van der Waals surface area contributed by atoms with Crippen molar-refractivity contribution >= 4 is 11.8 Å². The van der Waals surface area contributed by atoms with E-state index in [9.17, 15) is 9.90 Å². The molecule has 2 N–H and O–H groups in total. The molecule has 2 saturated carbocycles. The summed E-state index contributed by atoms with van der Waals surface area (Å²) >= 11 is 0. The maximum atomic E-state index is 15.0. The van der Waals surface area contributed by atoms with Gasteiger partial charge in [-0.3, -0.25) is 9.59 Å². The van der Waals surface area contributed by atoms with Crippen LogP contribution >= 0.6 is 0 Å². The van der Waals surface area contributed by atoms with Crippen LogP contribution in [0.4, 0.5) is 0 Å². The van der Waals surface area contributed by atoms with Crippen molar-refractivity contribution in [2.45, 2.75) is 185 Å². The minimum Gasteiger partial charge on any atom is -0.462 e. The molecule has 0 aromatic carbocycles. The van der Waals surface area contributed by atoms with E-state index in [0.717, 1.165) is 19.3 Å². The lowest BCUT2D eigenvalue weighted by molar-refractivity contribution is -0.314. The van der Waals surface area contributed by atoms with Gasteiger partial charge in [0.1, 0.15) is 24.4 Å². The highest BCUT2D eigenvalue weighted by molar-refractivity contribution is 5.99. The van der Waals surface area contributed by atoms with E-state index in [2.05, 4.69) is 58.1 Å². The van der Waals surface area contributed by atoms with Gasteiger partial charge in [0.15, 0.2) is 18.4 Å². The summed E-state index contributed by atoms with van der Waals surface area (Å²) in [7, 11) is 9.07. The highest BCUT2D eigenvalue weighted by atomic mass is 16.7. The minimum absolute atomic E-state index is 0.00561. The molecule has 0 aromatic heterocycles. The molecular formula is C44H74N2O11. The number of Topliss-reactive ketones (excluding diaryl/α,β-unsaturated/α-hetero) is 1. The highest BCUT2D eigenvalue weighted by Crippen LogP contribution is 2.57. The van der Waals surface area contributed by atoms with Crippen molar-refractivity contribution in [3.63, 3.8) is 0 Å². The van der Waals surface area contributed by atoms with E-state index in [-0.39, 0.29) is 103 Å². The van der Waals surface area contributed by atoms with Gasteiger partial charge in [-0.1, -0.05) is 33.8 Å². The normalized spacial score (nSPS) is 45.8. The number of hydrogen-bond donors (Lipinski definition) is 2. The van der Waals surface area contributed by atoms with Gasteiger partial charge in [-0.05, 0) is 109 Å². The van der Waals surface area contributed by atoms with Crippen LogP contribution in [-0.2, 0) is 47.5 Å². The van der Waals surface area contributed by atoms with E-state index in [4.69, 9.17) is 37.9 Å². The molecule has 5 fully saturated rings. The van der Waals surface area contributed by atoms with Crippen LogP contribution in [0.1, 0.15) is 99.3 Å². The molecule has 57 heavy (non-hydrogen) atoms. The Hall–Kier alpha value is -1.52. The number of cyclic esters (lactones) is 1. The van der Waals surface area contributed by atoms with Crippen molar-refractivity contribution in [3.05, 3.63) is 11.6 Å². The summed E-state index contributed by atoms with van der Waals surface area (Å²) in [5, 5.41) is 16.0. The van der Waals surface area contributed by atoms with Crippen LogP contribution < -0.4 is 5.32 Å². The number of carbonyl (C=O) groups is 2.